The molecule has 0 aliphatic carbocycles. The van der Waals surface area contributed by atoms with Gasteiger partial charge in [0.2, 0.25) is 11.8 Å². The number of hydrogen-bond donors (Lipinski definition) is 0. The van der Waals surface area contributed by atoms with E-state index in [0.29, 0.717) is 30.3 Å². The van der Waals surface area contributed by atoms with Crippen molar-refractivity contribution in [3.63, 3.8) is 0 Å². The number of ether oxygens (including phenoxy) is 1. The summed E-state index contributed by atoms with van der Waals surface area (Å²) in [6, 6.07) is 11.1. The summed E-state index contributed by atoms with van der Waals surface area (Å²) >= 11 is 6.01. The Bertz CT molecular complexity index is 1240. The number of halogens is 2. The zero-order chi connectivity index (χ0) is 24.7. The Hall–Kier alpha value is -3.41. The summed E-state index contributed by atoms with van der Waals surface area (Å²) in [7, 11) is 0. The molecular formula is C26H23ClFN3O4. The Morgan fingerprint density at radius 1 is 1.20 bits per heavy atom. The summed E-state index contributed by atoms with van der Waals surface area (Å²) < 4.78 is 20.1. The molecular weight excluding hydrogens is 473 g/mol. The molecule has 0 saturated carbocycles. The van der Waals surface area contributed by atoms with Crippen molar-refractivity contribution in [1.82, 2.24) is 9.80 Å². The SMILES string of the molecule is C#Cc1ccc(N2CC(=O)N(Cc3ccc(Cl)cc3)C3(CCN(C(=O)C4COC4)C3)C2=O)c(F)c1. The summed E-state index contributed by atoms with van der Waals surface area (Å²) in [4.78, 5) is 44.8. The smallest absolute Gasteiger partial charge is 0.255 e. The predicted octanol–water partition coefficient (Wildman–Crippen LogP) is 2.45. The van der Waals surface area contributed by atoms with Gasteiger partial charge >= 0.3 is 0 Å². The van der Waals surface area contributed by atoms with Crippen LogP contribution in [0.2, 0.25) is 5.02 Å². The quantitative estimate of drug-likeness (QED) is 0.611. The molecule has 3 aliphatic heterocycles. The third-order valence-corrected chi connectivity index (χ3v) is 7.21. The lowest BCUT2D eigenvalue weighted by Crippen LogP contribution is -2.69. The van der Waals surface area contributed by atoms with Crippen LogP contribution in [0.1, 0.15) is 17.5 Å². The van der Waals surface area contributed by atoms with E-state index in [0.717, 1.165) is 5.56 Å². The fourth-order valence-corrected chi connectivity index (χ4v) is 5.06. The first-order valence-electron chi connectivity index (χ1n) is 11.3. The van der Waals surface area contributed by atoms with E-state index in [4.69, 9.17) is 22.8 Å². The normalized spacial score (nSPS) is 22.5. The molecule has 3 aliphatic rings. The molecule has 180 valence electrons. The zero-order valence-corrected chi connectivity index (χ0v) is 19.6. The van der Waals surface area contributed by atoms with Crippen molar-refractivity contribution in [2.24, 2.45) is 5.92 Å². The largest absolute Gasteiger partial charge is 0.380 e. The number of amides is 3. The number of hydrogen-bond acceptors (Lipinski definition) is 4. The Morgan fingerprint density at radius 2 is 1.94 bits per heavy atom. The summed E-state index contributed by atoms with van der Waals surface area (Å²) in [5.74, 6) is 0.595. The van der Waals surface area contributed by atoms with Crippen molar-refractivity contribution in [2.45, 2.75) is 18.5 Å². The summed E-state index contributed by atoms with van der Waals surface area (Å²) in [6.07, 6.45) is 5.62. The second-order valence-electron chi connectivity index (χ2n) is 9.08. The number of carbonyl (C=O) groups excluding carboxylic acids is 3. The lowest BCUT2D eigenvalue weighted by Gasteiger charge is -2.47. The molecule has 1 unspecified atom stereocenters. The average molecular weight is 496 g/mol. The van der Waals surface area contributed by atoms with E-state index in [1.165, 1.54) is 28.0 Å². The van der Waals surface area contributed by atoms with Gasteiger partial charge < -0.3 is 14.5 Å². The number of rotatable bonds is 4. The number of terminal acetylenes is 1. The van der Waals surface area contributed by atoms with Crippen molar-refractivity contribution in [3.8, 4) is 12.3 Å². The molecule has 5 rings (SSSR count). The van der Waals surface area contributed by atoms with Crippen LogP contribution in [0, 0.1) is 24.1 Å². The molecule has 9 heteroatoms. The molecule has 0 bridgehead atoms. The van der Waals surface area contributed by atoms with Crippen LogP contribution in [-0.2, 0) is 25.7 Å². The molecule has 2 aromatic rings. The number of likely N-dealkylation sites (tertiary alicyclic amines) is 1. The van der Waals surface area contributed by atoms with E-state index in [1.807, 2.05) is 0 Å². The summed E-state index contributed by atoms with van der Waals surface area (Å²) in [6.45, 7) is 0.914. The first-order chi connectivity index (χ1) is 16.8. The number of anilines is 1. The topological polar surface area (TPSA) is 70.2 Å². The summed E-state index contributed by atoms with van der Waals surface area (Å²) in [5, 5.41) is 0.557. The molecule has 3 amide bonds. The van der Waals surface area contributed by atoms with E-state index in [1.54, 1.807) is 29.2 Å². The van der Waals surface area contributed by atoms with Crippen molar-refractivity contribution < 1.29 is 23.5 Å². The van der Waals surface area contributed by atoms with Gasteiger partial charge in [0.05, 0.1) is 31.4 Å². The predicted molar refractivity (Wildman–Crippen MR) is 127 cm³/mol. The van der Waals surface area contributed by atoms with E-state index < -0.39 is 17.3 Å². The van der Waals surface area contributed by atoms with Crippen LogP contribution >= 0.6 is 11.6 Å². The number of piperazine rings is 1. The highest BCUT2D eigenvalue weighted by molar-refractivity contribution is 6.30. The molecule has 1 spiro atoms. The lowest BCUT2D eigenvalue weighted by molar-refractivity contribution is -0.154. The Labute approximate surface area is 207 Å². The van der Waals surface area contributed by atoms with E-state index >= 15 is 0 Å². The van der Waals surface area contributed by atoms with Crippen LogP contribution in [0.5, 0.6) is 0 Å². The maximum atomic E-state index is 14.9. The highest BCUT2D eigenvalue weighted by Crippen LogP contribution is 2.38. The molecule has 2 aromatic carbocycles. The van der Waals surface area contributed by atoms with Gasteiger partial charge in [-0.25, -0.2) is 4.39 Å². The van der Waals surface area contributed by atoms with Crippen LogP contribution in [0.3, 0.4) is 0 Å². The maximum absolute atomic E-state index is 14.9. The number of benzene rings is 2. The minimum atomic E-state index is -1.31. The van der Waals surface area contributed by atoms with E-state index in [-0.39, 0.29) is 49.5 Å². The highest BCUT2D eigenvalue weighted by atomic mass is 35.5. The minimum Gasteiger partial charge on any atom is -0.380 e. The lowest BCUT2D eigenvalue weighted by atomic mass is 9.89. The zero-order valence-electron chi connectivity index (χ0n) is 18.9. The van der Waals surface area contributed by atoms with Gasteiger partial charge in [0.25, 0.3) is 5.91 Å². The van der Waals surface area contributed by atoms with Crippen LogP contribution < -0.4 is 4.90 Å². The highest BCUT2D eigenvalue weighted by Gasteiger charge is 2.57. The molecule has 1 atom stereocenters. The molecule has 3 saturated heterocycles. The monoisotopic (exact) mass is 495 g/mol. The first kappa shape index (κ1) is 23.3. The first-order valence-corrected chi connectivity index (χ1v) is 11.7. The molecule has 3 fully saturated rings. The van der Waals surface area contributed by atoms with Gasteiger partial charge in [-0.05, 0) is 42.3 Å². The van der Waals surface area contributed by atoms with Gasteiger partial charge in [-0.1, -0.05) is 29.7 Å². The third kappa shape index (κ3) is 4.05. The van der Waals surface area contributed by atoms with Crippen molar-refractivity contribution >= 4 is 35.0 Å². The second kappa shape index (κ2) is 8.99. The van der Waals surface area contributed by atoms with E-state index in [2.05, 4.69) is 5.92 Å². The van der Waals surface area contributed by atoms with Crippen LogP contribution in [0.15, 0.2) is 42.5 Å². The van der Waals surface area contributed by atoms with Crippen molar-refractivity contribution in [3.05, 3.63) is 64.4 Å². The Balaban J connectivity index is 1.51. The van der Waals surface area contributed by atoms with Crippen LogP contribution in [-0.4, -0.2) is 65.9 Å². The van der Waals surface area contributed by atoms with Gasteiger partial charge in [-0.15, -0.1) is 6.42 Å². The van der Waals surface area contributed by atoms with Crippen molar-refractivity contribution in [2.75, 3.05) is 37.7 Å². The second-order valence-corrected chi connectivity index (χ2v) is 9.52. The molecule has 3 heterocycles. The molecule has 0 N–H and O–H groups in total. The van der Waals surface area contributed by atoms with Crippen LogP contribution in [0.25, 0.3) is 0 Å². The Kier molecular flexibility index (Phi) is 5.99. The van der Waals surface area contributed by atoms with E-state index in [9.17, 15) is 18.8 Å². The van der Waals surface area contributed by atoms with Gasteiger partial charge in [0.15, 0.2) is 0 Å². The van der Waals surface area contributed by atoms with Gasteiger partial charge in [-0.3, -0.25) is 19.3 Å². The molecule has 0 radical (unpaired) electrons. The molecule has 35 heavy (non-hydrogen) atoms. The Morgan fingerprint density at radius 3 is 2.57 bits per heavy atom. The van der Waals surface area contributed by atoms with Crippen LogP contribution in [0.4, 0.5) is 10.1 Å². The van der Waals surface area contributed by atoms with Gasteiger partial charge in [0.1, 0.15) is 17.9 Å². The fraction of sp³-hybridized carbons (Fsp3) is 0.346. The maximum Gasteiger partial charge on any atom is 0.255 e. The number of carbonyl (C=O) groups is 3. The van der Waals surface area contributed by atoms with Crippen molar-refractivity contribution in [1.29, 1.82) is 0 Å². The third-order valence-electron chi connectivity index (χ3n) is 6.96. The average Bonchev–Trinajstić information content (AvgIpc) is 3.26. The summed E-state index contributed by atoms with van der Waals surface area (Å²) in [5.41, 5.74) is -0.191. The van der Waals surface area contributed by atoms with Gasteiger partial charge in [0, 0.05) is 23.7 Å². The molecule has 0 aromatic heterocycles. The standard InChI is InChI=1S/C26H23ClFN3O4/c1-2-17-5-8-22(21(28)11-17)30-13-23(32)31(12-18-3-6-20(27)7-4-18)26(25(30)34)9-10-29(16-26)24(33)19-14-35-15-19/h1,3-8,11,19H,9-10,12-16H2. The fourth-order valence-electron chi connectivity index (χ4n) is 4.93. The van der Waals surface area contributed by atoms with Gasteiger partial charge in [-0.2, -0.15) is 0 Å². The number of nitrogens with zero attached hydrogens (tertiary/aromatic N) is 3. The molecule has 7 nitrogen and oxygen atoms in total. The minimum absolute atomic E-state index is 0.00922.